The van der Waals surface area contributed by atoms with E-state index in [2.05, 4.69) is 20.6 Å². The summed E-state index contributed by atoms with van der Waals surface area (Å²) in [6.07, 6.45) is 0. The first kappa shape index (κ1) is 20.4. The van der Waals surface area contributed by atoms with Crippen molar-refractivity contribution in [1.82, 2.24) is 19.8 Å². The van der Waals surface area contributed by atoms with E-state index in [0.29, 0.717) is 22.2 Å². The Labute approximate surface area is 186 Å². The lowest BCUT2D eigenvalue weighted by Gasteiger charge is -2.10. The van der Waals surface area contributed by atoms with Crippen molar-refractivity contribution in [1.29, 1.82) is 0 Å². The molecule has 0 unspecified atom stereocenters. The molecule has 0 bridgehead atoms. The first-order chi connectivity index (χ1) is 14.4. The molecule has 2 aromatic heterocycles. The molecule has 1 N–H and O–H groups in total. The third-order valence-corrected chi connectivity index (χ3v) is 5.21. The van der Waals surface area contributed by atoms with Gasteiger partial charge in [-0.1, -0.05) is 46.9 Å². The van der Waals surface area contributed by atoms with Crippen molar-refractivity contribution in [3.63, 3.8) is 0 Å². The molecule has 30 heavy (non-hydrogen) atoms. The van der Waals surface area contributed by atoms with Gasteiger partial charge in [-0.15, -0.1) is 10.2 Å². The van der Waals surface area contributed by atoms with Crippen molar-refractivity contribution in [2.75, 3.05) is 11.9 Å². The van der Waals surface area contributed by atoms with E-state index in [-0.39, 0.29) is 28.3 Å². The predicted molar refractivity (Wildman–Crippen MR) is 117 cm³/mol. The Morgan fingerprint density at radius 1 is 1.03 bits per heavy atom. The minimum atomic E-state index is -0.354. The molecule has 0 radical (unpaired) electrons. The highest BCUT2D eigenvalue weighted by molar-refractivity contribution is 6.43. The van der Waals surface area contributed by atoms with Crippen LogP contribution < -0.4 is 10.1 Å². The summed E-state index contributed by atoms with van der Waals surface area (Å²) in [7, 11) is 0. The molecule has 4 aromatic rings. The van der Waals surface area contributed by atoms with Crippen molar-refractivity contribution >= 4 is 52.0 Å². The number of nitrogens with zero attached hydrogens (tertiary/aromatic N) is 4. The van der Waals surface area contributed by atoms with Crippen molar-refractivity contribution < 1.29 is 9.53 Å². The van der Waals surface area contributed by atoms with Gasteiger partial charge >= 0.3 is 0 Å². The molecule has 0 aliphatic heterocycles. The van der Waals surface area contributed by atoms with Gasteiger partial charge in [-0.05, 0) is 37.3 Å². The quantitative estimate of drug-likeness (QED) is 0.418. The number of ether oxygens (including phenoxy) is 1. The number of benzene rings is 2. The molecule has 2 heterocycles. The number of amides is 1. The summed E-state index contributed by atoms with van der Waals surface area (Å²) in [5.41, 5.74) is 2.82. The molecule has 10 heteroatoms. The lowest BCUT2D eigenvalue weighted by atomic mass is 10.1. The molecule has 1 amide bonds. The molecule has 7 nitrogen and oxygen atoms in total. The van der Waals surface area contributed by atoms with Crippen LogP contribution >= 0.6 is 34.8 Å². The maximum Gasteiger partial charge on any atom is 0.262 e. The molecule has 0 aliphatic carbocycles. The second-order valence-corrected chi connectivity index (χ2v) is 7.57. The van der Waals surface area contributed by atoms with Gasteiger partial charge in [0.25, 0.3) is 5.91 Å². The Hall–Kier alpha value is -2.87. The number of carbonyl (C=O) groups excluding carboxylic acids is 1. The van der Waals surface area contributed by atoms with Gasteiger partial charge in [-0.3, -0.25) is 4.79 Å². The average Bonchev–Trinajstić information content (AvgIpc) is 3.10. The van der Waals surface area contributed by atoms with Crippen molar-refractivity contribution in [3.05, 3.63) is 69.4 Å². The summed E-state index contributed by atoms with van der Waals surface area (Å²) >= 11 is 17.9. The Kier molecular flexibility index (Phi) is 5.76. The van der Waals surface area contributed by atoms with E-state index >= 15 is 0 Å². The second-order valence-electron chi connectivity index (χ2n) is 6.35. The normalized spacial score (nSPS) is 10.9. The molecular weight excluding hydrogens is 449 g/mol. The molecule has 0 saturated carbocycles. The van der Waals surface area contributed by atoms with Crippen LogP contribution in [-0.2, 0) is 4.79 Å². The largest absolute Gasteiger partial charge is 0.482 e. The topological polar surface area (TPSA) is 81.4 Å². The fraction of sp³-hybridized carbons (Fsp3) is 0.100. The Balaban J connectivity index is 1.46. The molecule has 152 valence electrons. The van der Waals surface area contributed by atoms with E-state index < -0.39 is 0 Å². The summed E-state index contributed by atoms with van der Waals surface area (Å²) in [6.45, 7) is 1.58. The van der Waals surface area contributed by atoms with Gasteiger partial charge in [0.05, 0.1) is 20.8 Å². The van der Waals surface area contributed by atoms with Gasteiger partial charge in [0, 0.05) is 17.3 Å². The van der Waals surface area contributed by atoms with Crippen LogP contribution in [-0.4, -0.2) is 32.3 Å². The highest BCUT2D eigenvalue weighted by atomic mass is 35.5. The van der Waals surface area contributed by atoms with Crippen LogP contribution in [0.25, 0.3) is 16.9 Å². The molecule has 0 spiro atoms. The third kappa shape index (κ3) is 4.33. The maximum absolute atomic E-state index is 12.3. The van der Waals surface area contributed by atoms with E-state index in [1.54, 1.807) is 10.6 Å². The predicted octanol–water partition coefficient (Wildman–Crippen LogP) is 5.08. The molecule has 0 atom stereocenters. The zero-order valence-electron chi connectivity index (χ0n) is 15.6. The highest BCUT2D eigenvalue weighted by Crippen LogP contribution is 2.33. The van der Waals surface area contributed by atoms with E-state index in [1.165, 1.54) is 12.1 Å². The van der Waals surface area contributed by atoms with Crippen LogP contribution in [0, 0.1) is 6.92 Å². The molecule has 4 rings (SSSR count). The lowest BCUT2D eigenvalue weighted by molar-refractivity contribution is -0.118. The van der Waals surface area contributed by atoms with Crippen LogP contribution in [0.4, 0.5) is 5.69 Å². The summed E-state index contributed by atoms with van der Waals surface area (Å²) in [4.78, 5) is 12.3. The van der Waals surface area contributed by atoms with Gasteiger partial charge in [-0.25, -0.2) is 0 Å². The van der Waals surface area contributed by atoms with Gasteiger partial charge in [0.1, 0.15) is 5.75 Å². The summed E-state index contributed by atoms with van der Waals surface area (Å²) in [6, 6.07) is 13.9. The maximum atomic E-state index is 12.3. The van der Waals surface area contributed by atoms with E-state index in [9.17, 15) is 4.79 Å². The highest BCUT2D eigenvalue weighted by Gasteiger charge is 2.11. The number of rotatable bonds is 5. The van der Waals surface area contributed by atoms with Crippen LogP contribution in [0.3, 0.4) is 0 Å². The number of aryl methyl sites for hydroxylation is 1. The van der Waals surface area contributed by atoms with Crippen molar-refractivity contribution in [2.24, 2.45) is 0 Å². The van der Waals surface area contributed by atoms with Crippen LogP contribution in [0.5, 0.6) is 5.75 Å². The standard InChI is InChI=1S/C20H14Cl3N5O2/c1-11-25-26-19-6-5-17(27-28(11)19)12-3-2-4-13(7-12)24-20(29)10-30-18-9-15(22)14(21)8-16(18)23/h2-9H,10H2,1H3,(H,24,29). The van der Waals surface area contributed by atoms with Crippen molar-refractivity contribution in [2.45, 2.75) is 6.92 Å². The Bertz CT molecular complexity index is 1260. The second kappa shape index (κ2) is 8.47. The van der Waals surface area contributed by atoms with Gasteiger partial charge in [0.15, 0.2) is 18.1 Å². The summed E-state index contributed by atoms with van der Waals surface area (Å²) < 4.78 is 7.12. The molecule has 2 aromatic carbocycles. The number of halogens is 3. The first-order valence-electron chi connectivity index (χ1n) is 8.77. The summed E-state index contributed by atoms with van der Waals surface area (Å²) in [5, 5.41) is 16.2. The summed E-state index contributed by atoms with van der Waals surface area (Å²) in [5.74, 6) is 0.610. The SMILES string of the molecule is Cc1nnc2ccc(-c3cccc(NC(=O)COc4cc(Cl)c(Cl)cc4Cl)c3)nn12. The van der Waals surface area contributed by atoms with Crippen molar-refractivity contribution in [3.8, 4) is 17.0 Å². The molecule has 0 fully saturated rings. The number of fused-ring (bicyclic) bond motifs is 1. The minimum Gasteiger partial charge on any atom is -0.482 e. The number of nitrogens with one attached hydrogen (secondary N) is 1. The minimum absolute atomic E-state index is 0.244. The number of carbonyl (C=O) groups is 1. The molecule has 0 saturated heterocycles. The van der Waals surface area contributed by atoms with Crippen LogP contribution in [0.1, 0.15) is 5.82 Å². The number of aromatic nitrogens is 4. The van der Waals surface area contributed by atoms with Crippen LogP contribution in [0.15, 0.2) is 48.5 Å². The zero-order chi connectivity index (χ0) is 21.3. The Morgan fingerprint density at radius 2 is 1.83 bits per heavy atom. The molecule has 0 aliphatic rings. The van der Waals surface area contributed by atoms with E-state index in [1.807, 2.05) is 37.3 Å². The fourth-order valence-electron chi connectivity index (χ4n) is 2.76. The smallest absolute Gasteiger partial charge is 0.262 e. The first-order valence-corrected chi connectivity index (χ1v) is 9.91. The van der Waals surface area contributed by atoms with Gasteiger partial charge in [0.2, 0.25) is 0 Å². The van der Waals surface area contributed by atoms with Gasteiger partial charge < -0.3 is 10.1 Å². The monoisotopic (exact) mass is 461 g/mol. The fourth-order valence-corrected chi connectivity index (χ4v) is 3.35. The third-order valence-electron chi connectivity index (χ3n) is 4.19. The Morgan fingerprint density at radius 3 is 2.67 bits per heavy atom. The number of hydrogen-bond donors (Lipinski definition) is 1. The lowest BCUT2D eigenvalue weighted by Crippen LogP contribution is -2.20. The number of anilines is 1. The van der Waals surface area contributed by atoms with E-state index in [4.69, 9.17) is 39.5 Å². The zero-order valence-corrected chi connectivity index (χ0v) is 17.8. The average molecular weight is 463 g/mol. The van der Waals surface area contributed by atoms with Gasteiger partial charge in [-0.2, -0.15) is 9.61 Å². The van der Waals surface area contributed by atoms with Crippen LogP contribution in [0.2, 0.25) is 15.1 Å². The number of hydrogen-bond acceptors (Lipinski definition) is 5. The van der Waals surface area contributed by atoms with E-state index in [0.717, 1.165) is 11.3 Å². The molecular formula is C20H14Cl3N5O2.